The number of hydrogen-bond donors (Lipinski definition) is 2. The first-order chi connectivity index (χ1) is 5.85. The lowest BCUT2D eigenvalue weighted by Gasteiger charge is -2.30. The molecule has 2 nitrogen and oxygen atoms in total. The second kappa shape index (κ2) is 3.46. The Morgan fingerprint density at radius 3 is 2.46 bits per heavy atom. The summed E-state index contributed by atoms with van der Waals surface area (Å²) < 4.78 is 37.1. The van der Waals surface area contributed by atoms with Gasteiger partial charge in [0.05, 0.1) is 0 Å². The summed E-state index contributed by atoms with van der Waals surface area (Å²) in [6.07, 6.45) is -3.50. The third kappa shape index (κ3) is 2.34. The maximum Gasteiger partial charge on any atom is 0.417 e. The molecule has 13 heavy (non-hydrogen) atoms. The molecule has 1 rings (SSSR count). The zero-order valence-corrected chi connectivity index (χ0v) is 7.27. The van der Waals surface area contributed by atoms with E-state index in [1.165, 1.54) is 0 Å². The highest BCUT2D eigenvalue weighted by Crippen LogP contribution is 2.39. The molecule has 0 amide bonds. The van der Waals surface area contributed by atoms with Gasteiger partial charge in [-0.15, -0.1) is 0 Å². The van der Waals surface area contributed by atoms with Gasteiger partial charge in [-0.05, 0) is 12.8 Å². The van der Waals surface area contributed by atoms with E-state index in [0.717, 1.165) is 0 Å². The SMILES string of the molecule is N[C@@H]1CCCC[C@@](O)(C(F)(F)F)C1. The van der Waals surface area contributed by atoms with Crippen molar-refractivity contribution in [1.82, 2.24) is 0 Å². The summed E-state index contributed by atoms with van der Waals surface area (Å²) in [4.78, 5) is 0. The van der Waals surface area contributed by atoms with E-state index in [1.807, 2.05) is 0 Å². The lowest BCUT2D eigenvalue weighted by atomic mass is 9.92. The highest BCUT2D eigenvalue weighted by atomic mass is 19.4. The summed E-state index contributed by atoms with van der Waals surface area (Å²) in [6, 6.07) is -0.533. The van der Waals surface area contributed by atoms with Crippen LogP contribution in [0, 0.1) is 0 Å². The molecule has 0 aromatic rings. The van der Waals surface area contributed by atoms with E-state index in [-0.39, 0.29) is 12.8 Å². The van der Waals surface area contributed by atoms with Crippen LogP contribution in [0.15, 0.2) is 0 Å². The van der Waals surface area contributed by atoms with Gasteiger partial charge in [0, 0.05) is 12.5 Å². The maximum absolute atomic E-state index is 12.4. The monoisotopic (exact) mass is 197 g/mol. The summed E-state index contributed by atoms with van der Waals surface area (Å²) in [5.74, 6) is 0. The van der Waals surface area contributed by atoms with Crippen molar-refractivity contribution in [2.24, 2.45) is 5.73 Å². The molecule has 1 aliphatic rings. The van der Waals surface area contributed by atoms with Crippen LogP contribution < -0.4 is 5.73 Å². The second-order valence-electron chi connectivity index (χ2n) is 3.74. The third-order valence-corrected chi connectivity index (χ3v) is 2.54. The van der Waals surface area contributed by atoms with Gasteiger partial charge in [0.2, 0.25) is 0 Å². The van der Waals surface area contributed by atoms with E-state index in [0.29, 0.717) is 19.3 Å². The fourth-order valence-electron chi connectivity index (χ4n) is 1.72. The highest BCUT2D eigenvalue weighted by molar-refractivity contribution is 4.91. The van der Waals surface area contributed by atoms with E-state index in [4.69, 9.17) is 5.73 Å². The second-order valence-corrected chi connectivity index (χ2v) is 3.74. The zero-order chi connectivity index (χ0) is 10.1. The highest BCUT2D eigenvalue weighted by Gasteiger charge is 2.53. The van der Waals surface area contributed by atoms with Crippen molar-refractivity contribution in [1.29, 1.82) is 0 Å². The maximum atomic E-state index is 12.4. The first-order valence-electron chi connectivity index (χ1n) is 4.40. The lowest BCUT2D eigenvalue weighted by Crippen LogP contribution is -2.48. The number of aliphatic hydroxyl groups is 1. The van der Waals surface area contributed by atoms with Gasteiger partial charge in [0.25, 0.3) is 0 Å². The minimum absolute atomic E-state index is 0.218. The number of nitrogens with two attached hydrogens (primary N) is 1. The molecule has 1 fully saturated rings. The van der Waals surface area contributed by atoms with Gasteiger partial charge in [-0.3, -0.25) is 0 Å². The van der Waals surface area contributed by atoms with Crippen LogP contribution >= 0.6 is 0 Å². The summed E-state index contributed by atoms with van der Waals surface area (Å²) in [5.41, 5.74) is 2.89. The summed E-state index contributed by atoms with van der Waals surface area (Å²) in [7, 11) is 0. The van der Waals surface area contributed by atoms with Crippen LogP contribution in [0.25, 0.3) is 0 Å². The van der Waals surface area contributed by atoms with Gasteiger partial charge in [-0.25, -0.2) is 0 Å². The molecular weight excluding hydrogens is 183 g/mol. The van der Waals surface area contributed by atoms with E-state index < -0.39 is 17.8 Å². The van der Waals surface area contributed by atoms with Crippen molar-refractivity contribution in [2.75, 3.05) is 0 Å². The van der Waals surface area contributed by atoms with Gasteiger partial charge in [-0.1, -0.05) is 12.8 Å². The van der Waals surface area contributed by atoms with Crippen molar-refractivity contribution in [2.45, 2.75) is 49.9 Å². The van der Waals surface area contributed by atoms with Crippen molar-refractivity contribution in [3.63, 3.8) is 0 Å². The molecule has 0 aliphatic heterocycles. The van der Waals surface area contributed by atoms with E-state index >= 15 is 0 Å². The van der Waals surface area contributed by atoms with Crippen LogP contribution in [0.1, 0.15) is 32.1 Å². The predicted molar refractivity (Wildman–Crippen MR) is 42.1 cm³/mol. The Kier molecular flexibility index (Phi) is 2.87. The van der Waals surface area contributed by atoms with E-state index in [1.54, 1.807) is 0 Å². The first kappa shape index (κ1) is 10.8. The topological polar surface area (TPSA) is 46.2 Å². The molecule has 5 heteroatoms. The molecule has 1 aliphatic carbocycles. The first-order valence-corrected chi connectivity index (χ1v) is 4.40. The fraction of sp³-hybridized carbons (Fsp3) is 1.00. The van der Waals surface area contributed by atoms with Gasteiger partial charge in [0.1, 0.15) is 0 Å². The molecule has 1 saturated carbocycles. The Hall–Kier alpha value is -0.290. The Morgan fingerprint density at radius 2 is 1.92 bits per heavy atom. The van der Waals surface area contributed by atoms with Crippen LogP contribution in [0.5, 0.6) is 0 Å². The van der Waals surface area contributed by atoms with E-state index in [2.05, 4.69) is 0 Å². The molecule has 0 saturated heterocycles. The molecule has 0 bridgehead atoms. The number of alkyl halides is 3. The molecule has 0 heterocycles. The minimum Gasteiger partial charge on any atom is -0.380 e. The van der Waals surface area contributed by atoms with Crippen LogP contribution in [0.3, 0.4) is 0 Å². The molecule has 2 atom stereocenters. The Bertz CT molecular complexity index is 183. The smallest absolute Gasteiger partial charge is 0.380 e. The van der Waals surface area contributed by atoms with Gasteiger partial charge in [0.15, 0.2) is 5.60 Å². The third-order valence-electron chi connectivity index (χ3n) is 2.54. The van der Waals surface area contributed by atoms with E-state index in [9.17, 15) is 18.3 Å². The fourth-order valence-corrected chi connectivity index (χ4v) is 1.72. The summed E-state index contributed by atoms with van der Waals surface area (Å²) >= 11 is 0. The summed E-state index contributed by atoms with van der Waals surface area (Å²) in [6.45, 7) is 0. The van der Waals surface area contributed by atoms with Crippen LogP contribution in [0.4, 0.5) is 13.2 Å². The predicted octanol–water partition coefficient (Wildman–Crippen LogP) is 1.57. The van der Waals surface area contributed by atoms with Crippen LogP contribution in [-0.2, 0) is 0 Å². The average molecular weight is 197 g/mol. The normalized spacial score (nSPS) is 37.2. The van der Waals surface area contributed by atoms with Crippen LogP contribution in [0.2, 0.25) is 0 Å². The molecule has 3 N–H and O–H groups in total. The number of halogens is 3. The number of rotatable bonds is 0. The Labute approximate surface area is 74.9 Å². The standard InChI is InChI=1S/C8H14F3NO/c9-8(10,11)7(13)4-2-1-3-6(12)5-7/h6,13H,1-5,12H2/t6-,7+/m1/s1. The van der Waals surface area contributed by atoms with Crippen LogP contribution in [-0.4, -0.2) is 22.9 Å². The molecule has 0 radical (unpaired) electrons. The minimum atomic E-state index is -4.55. The zero-order valence-electron chi connectivity index (χ0n) is 7.27. The van der Waals surface area contributed by atoms with Crippen molar-refractivity contribution in [3.05, 3.63) is 0 Å². The van der Waals surface area contributed by atoms with Crippen molar-refractivity contribution in [3.8, 4) is 0 Å². The molecule has 0 spiro atoms. The average Bonchev–Trinajstić information content (AvgIpc) is 2.10. The molecule has 78 valence electrons. The summed E-state index contributed by atoms with van der Waals surface area (Å²) in [5, 5.41) is 9.35. The molecule has 0 aromatic carbocycles. The Morgan fingerprint density at radius 1 is 1.31 bits per heavy atom. The molecule has 0 unspecified atom stereocenters. The molecular formula is C8H14F3NO. The lowest BCUT2D eigenvalue weighted by molar-refractivity contribution is -0.265. The van der Waals surface area contributed by atoms with Crippen molar-refractivity contribution >= 4 is 0 Å². The quantitative estimate of drug-likeness (QED) is 0.579. The van der Waals surface area contributed by atoms with Crippen molar-refractivity contribution < 1.29 is 18.3 Å². The van der Waals surface area contributed by atoms with Gasteiger partial charge < -0.3 is 10.8 Å². The largest absolute Gasteiger partial charge is 0.417 e. The van der Waals surface area contributed by atoms with Gasteiger partial charge >= 0.3 is 6.18 Å². The molecule has 0 aromatic heterocycles. The Balaban J connectivity index is 2.75. The van der Waals surface area contributed by atoms with Gasteiger partial charge in [-0.2, -0.15) is 13.2 Å². The number of hydrogen-bond acceptors (Lipinski definition) is 2.